The van der Waals surface area contributed by atoms with Crippen LogP contribution in [0.2, 0.25) is 0 Å². The summed E-state index contributed by atoms with van der Waals surface area (Å²) in [6.07, 6.45) is 4.60. The van der Waals surface area contributed by atoms with E-state index in [4.69, 9.17) is 0 Å². The molecule has 2 saturated heterocycles. The van der Waals surface area contributed by atoms with Crippen LogP contribution in [-0.2, 0) is 14.4 Å². The summed E-state index contributed by atoms with van der Waals surface area (Å²) in [5.41, 5.74) is 2.55. The number of pyridine rings is 1. The summed E-state index contributed by atoms with van der Waals surface area (Å²) in [6, 6.07) is 13.1. The SMILES string of the molecule is CC(=O)N1CCC[C@@H]1C(=O)N1CCC(C(=O)Nc2cccc(-c3ccccn3)c2)CC1. The van der Waals surface area contributed by atoms with Gasteiger partial charge in [-0.2, -0.15) is 0 Å². The van der Waals surface area contributed by atoms with E-state index in [1.165, 1.54) is 6.92 Å². The van der Waals surface area contributed by atoms with E-state index in [9.17, 15) is 14.4 Å². The molecule has 0 bridgehead atoms. The van der Waals surface area contributed by atoms with E-state index in [0.29, 0.717) is 32.5 Å². The van der Waals surface area contributed by atoms with Crippen LogP contribution in [0.5, 0.6) is 0 Å². The summed E-state index contributed by atoms with van der Waals surface area (Å²) in [5.74, 6) is -0.167. The number of likely N-dealkylation sites (tertiary alicyclic amines) is 2. The first-order chi connectivity index (χ1) is 15.0. The van der Waals surface area contributed by atoms with Gasteiger partial charge in [-0.05, 0) is 49.9 Å². The molecule has 7 nitrogen and oxygen atoms in total. The van der Waals surface area contributed by atoms with Crippen molar-refractivity contribution in [1.82, 2.24) is 14.8 Å². The van der Waals surface area contributed by atoms with E-state index in [0.717, 1.165) is 29.8 Å². The highest BCUT2D eigenvalue weighted by Crippen LogP contribution is 2.25. The zero-order chi connectivity index (χ0) is 21.8. The minimum atomic E-state index is -0.336. The van der Waals surface area contributed by atoms with Gasteiger partial charge >= 0.3 is 0 Å². The molecule has 3 amide bonds. The van der Waals surface area contributed by atoms with Crippen LogP contribution >= 0.6 is 0 Å². The molecule has 0 saturated carbocycles. The Balaban J connectivity index is 1.33. The second kappa shape index (κ2) is 9.29. The van der Waals surface area contributed by atoms with Crippen LogP contribution in [0.1, 0.15) is 32.6 Å². The van der Waals surface area contributed by atoms with Gasteiger partial charge in [0.25, 0.3) is 0 Å². The zero-order valence-electron chi connectivity index (χ0n) is 17.8. The van der Waals surface area contributed by atoms with Crippen molar-refractivity contribution in [1.29, 1.82) is 0 Å². The number of carbonyl (C=O) groups excluding carboxylic acids is 3. The lowest BCUT2D eigenvalue weighted by atomic mass is 9.95. The molecular weight excluding hydrogens is 392 g/mol. The van der Waals surface area contributed by atoms with E-state index in [2.05, 4.69) is 10.3 Å². The molecule has 2 fully saturated rings. The molecular formula is C24H28N4O3. The van der Waals surface area contributed by atoms with Crippen LogP contribution in [0.15, 0.2) is 48.7 Å². The van der Waals surface area contributed by atoms with Gasteiger partial charge < -0.3 is 15.1 Å². The van der Waals surface area contributed by atoms with Gasteiger partial charge in [-0.1, -0.05) is 18.2 Å². The standard InChI is InChI=1S/C24H28N4O3/c1-17(29)28-13-5-9-22(28)24(31)27-14-10-18(11-15-27)23(30)26-20-7-4-6-19(16-20)21-8-2-3-12-25-21/h2-4,6-8,12,16,18,22H,5,9-11,13-15H2,1H3,(H,26,30)/t22-/m1/s1. The van der Waals surface area contributed by atoms with Crippen molar-refractivity contribution in [3.05, 3.63) is 48.7 Å². The van der Waals surface area contributed by atoms with Crippen molar-refractivity contribution in [3.63, 3.8) is 0 Å². The number of anilines is 1. The normalized spacial score (nSPS) is 19.3. The Kier molecular flexibility index (Phi) is 6.30. The Morgan fingerprint density at radius 3 is 2.52 bits per heavy atom. The Labute approximate surface area is 182 Å². The first-order valence-electron chi connectivity index (χ1n) is 10.9. The van der Waals surface area contributed by atoms with E-state index in [-0.39, 0.29) is 29.7 Å². The maximum Gasteiger partial charge on any atom is 0.245 e. The molecule has 2 aliphatic heterocycles. The number of nitrogens with one attached hydrogen (secondary N) is 1. The van der Waals surface area contributed by atoms with Gasteiger partial charge in [-0.25, -0.2) is 0 Å². The molecule has 1 N–H and O–H groups in total. The number of piperidine rings is 1. The van der Waals surface area contributed by atoms with E-state index < -0.39 is 0 Å². The van der Waals surface area contributed by atoms with Gasteiger partial charge in [-0.3, -0.25) is 19.4 Å². The van der Waals surface area contributed by atoms with Crippen molar-refractivity contribution in [2.75, 3.05) is 25.0 Å². The molecule has 1 aromatic carbocycles. The molecule has 1 atom stereocenters. The molecule has 31 heavy (non-hydrogen) atoms. The topological polar surface area (TPSA) is 82.6 Å². The van der Waals surface area contributed by atoms with Crippen molar-refractivity contribution < 1.29 is 14.4 Å². The van der Waals surface area contributed by atoms with Gasteiger partial charge in [0.1, 0.15) is 6.04 Å². The van der Waals surface area contributed by atoms with Crippen molar-refractivity contribution in [2.45, 2.75) is 38.6 Å². The third-order valence-electron chi connectivity index (χ3n) is 6.21. The lowest BCUT2D eigenvalue weighted by Crippen LogP contribution is -2.50. The minimum Gasteiger partial charge on any atom is -0.341 e. The Morgan fingerprint density at radius 1 is 1.00 bits per heavy atom. The second-order valence-corrected chi connectivity index (χ2v) is 8.26. The lowest BCUT2D eigenvalue weighted by molar-refractivity contribution is -0.144. The number of aromatic nitrogens is 1. The quantitative estimate of drug-likeness (QED) is 0.825. The summed E-state index contributed by atoms with van der Waals surface area (Å²) in [4.78, 5) is 45.3. The molecule has 2 aromatic rings. The van der Waals surface area contributed by atoms with Crippen LogP contribution in [0.3, 0.4) is 0 Å². The largest absolute Gasteiger partial charge is 0.341 e. The number of carbonyl (C=O) groups is 3. The van der Waals surface area contributed by atoms with Crippen LogP contribution in [0.25, 0.3) is 11.3 Å². The number of amides is 3. The van der Waals surface area contributed by atoms with E-state index in [1.807, 2.05) is 47.4 Å². The summed E-state index contributed by atoms with van der Waals surface area (Å²) in [7, 11) is 0. The molecule has 0 aliphatic carbocycles. The predicted molar refractivity (Wildman–Crippen MR) is 118 cm³/mol. The number of hydrogen-bond donors (Lipinski definition) is 1. The fourth-order valence-electron chi connectivity index (χ4n) is 4.51. The van der Waals surface area contributed by atoms with Crippen LogP contribution in [-0.4, -0.2) is 58.2 Å². The molecule has 4 rings (SSSR count). The smallest absolute Gasteiger partial charge is 0.245 e. The number of benzene rings is 1. The molecule has 1 aromatic heterocycles. The number of rotatable bonds is 4. The third-order valence-corrected chi connectivity index (χ3v) is 6.21. The summed E-state index contributed by atoms with van der Waals surface area (Å²) in [6.45, 7) is 3.27. The first-order valence-corrected chi connectivity index (χ1v) is 10.9. The van der Waals surface area contributed by atoms with Crippen LogP contribution in [0.4, 0.5) is 5.69 Å². The van der Waals surface area contributed by atoms with Crippen LogP contribution < -0.4 is 5.32 Å². The second-order valence-electron chi connectivity index (χ2n) is 8.26. The van der Waals surface area contributed by atoms with Crippen molar-refractivity contribution in [3.8, 4) is 11.3 Å². The molecule has 7 heteroatoms. The Hall–Kier alpha value is -3.22. The third kappa shape index (κ3) is 4.76. The van der Waals surface area contributed by atoms with Gasteiger partial charge in [0.2, 0.25) is 17.7 Å². The van der Waals surface area contributed by atoms with Gasteiger partial charge in [0.15, 0.2) is 0 Å². The Morgan fingerprint density at radius 2 is 1.81 bits per heavy atom. The van der Waals surface area contributed by atoms with Gasteiger partial charge in [0, 0.05) is 49.9 Å². The van der Waals surface area contributed by atoms with Gasteiger partial charge in [-0.15, -0.1) is 0 Å². The lowest BCUT2D eigenvalue weighted by Gasteiger charge is -2.34. The maximum atomic E-state index is 12.9. The average molecular weight is 421 g/mol. The minimum absolute atomic E-state index is 0.0171. The fourth-order valence-corrected chi connectivity index (χ4v) is 4.51. The highest BCUT2D eigenvalue weighted by Gasteiger charge is 2.37. The van der Waals surface area contributed by atoms with E-state index in [1.54, 1.807) is 11.1 Å². The van der Waals surface area contributed by atoms with E-state index >= 15 is 0 Å². The highest BCUT2D eigenvalue weighted by atomic mass is 16.2. The summed E-state index contributed by atoms with van der Waals surface area (Å²) in [5, 5.41) is 3.02. The number of nitrogens with zero attached hydrogens (tertiary/aromatic N) is 3. The molecule has 0 radical (unpaired) electrons. The molecule has 162 valence electrons. The molecule has 2 aliphatic rings. The first kappa shape index (κ1) is 21.0. The molecule has 3 heterocycles. The monoisotopic (exact) mass is 420 g/mol. The maximum absolute atomic E-state index is 12.9. The summed E-state index contributed by atoms with van der Waals surface area (Å²) < 4.78 is 0. The number of hydrogen-bond acceptors (Lipinski definition) is 4. The summed E-state index contributed by atoms with van der Waals surface area (Å²) >= 11 is 0. The molecule has 0 spiro atoms. The molecule has 0 unspecified atom stereocenters. The highest BCUT2D eigenvalue weighted by molar-refractivity contribution is 5.93. The van der Waals surface area contributed by atoms with Crippen molar-refractivity contribution >= 4 is 23.4 Å². The van der Waals surface area contributed by atoms with Crippen molar-refractivity contribution in [2.24, 2.45) is 5.92 Å². The van der Waals surface area contributed by atoms with Gasteiger partial charge in [0.05, 0.1) is 5.69 Å². The van der Waals surface area contributed by atoms with Crippen LogP contribution in [0, 0.1) is 5.92 Å². The average Bonchev–Trinajstić information content (AvgIpc) is 3.30. The fraction of sp³-hybridized carbons (Fsp3) is 0.417. The zero-order valence-corrected chi connectivity index (χ0v) is 17.8. The predicted octanol–water partition coefficient (Wildman–Crippen LogP) is 2.94. The Bertz CT molecular complexity index is 954.